The van der Waals surface area contributed by atoms with Crippen LogP contribution < -0.4 is 0 Å². The largest absolute Gasteiger partial charge is 0.464 e. The van der Waals surface area contributed by atoms with Gasteiger partial charge in [0.25, 0.3) is 0 Å². The van der Waals surface area contributed by atoms with Gasteiger partial charge in [0, 0.05) is 12.3 Å². The van der Waals surface area contributed by atoms with Crippen LogP contribution >= 0.6 is 0 Å². The molecule has 0 aliphatic heterocycles. The zero-order valence-electron chi connectivity index (χ0n) is 7.84. The molecule has 2 aromatic rings. The van der Waals surface area contributed by atoms with E-state index in [2.05, 4.69) is 14.8 Å². The maximum atomic E-state index is 11.1. The summed E-state index contributed by atoms with van der Waals surface area (Å²) in [5.41, 5.74) is 0.883. The zero-order chi connectivity index (χ0) is 10.8. The first kappa shape index (κ1) is 9.15. The average Bonchev–Trinajstić information content (AvgIpc) is 2.70. The Hall–Kier alpha value is -2.42. The Morgan fingerprint density at radius 2 is 2.47 bits per heavy atom. The molecule has 2 aromatic heterocycles. The fourth-order valence-corrected chi connectivity index (χ4v) is 1.15. The average molecular weight is 202 g/mol. The Morgan fingerprint density at radius 3 is 3.13 bits per heavy atom. The monoisotopic (exact) mass is 202 g/mol. The van der Waals surface area contributed by atoms with Gasteiger partial charge in [-0.2, -0.15) is 10.4 Å². The molecule has 2 heterocycles. The molecule has 2 rings (SSSR count). The summed E-state index contributed by atoms with van der Waals surface area (Å²) in [6.45, 7) is 0. The number of ether oxygens (including phenoxy) is 1. The molecule has 74 valence electrons. The minimum atomic E-state index is -0.529. The molecule has 0 aliphatic carbocycles. The molecule has 0 aromatic carbocycles. The maximum absolute atomic E-state index is 11.1. The Labute approximate surface area is 84.7 Å². The van der Waals surface area contributed by atoms with Crippen molar-refractivity contribution in [1.82, 2.24) is 14.6 Å². The predicted molar refractivity (Wildman–Crippen MR) is 49.0 cm³/mol. The normalized spacial score (nSPS) is 9.87. The third-order valence-corrected chi connectivity index (χ3v) is 1.83. The number of esters is 1. The zero-order valence-corrected chi connectivity index (χ0v) is 7.84. The van der Waals surface area contributed by atoms with Gasteiger partial charge in [0.1, 0.15) is 11.8 Å². The van der Waals surface area contributed by atoms with Gasteiger partial charge < -0.3 is 4.74 Å². The van der Waals surface area contributed by atoms with Crippen LogP contribution in [0, 0.1) is 11.3 Å². The molecule has 0 unspecified atom stereocenters. The Kier molecular flexibility index (Phi) is 2.06. The molecule has 0 saturated heterocycles. The molecule has 6 nitrogen and oxygen atoms in total. The first-order valence-electron chi connectivity index (χ1n) is 4.09. The molecule has 0 bridgehead atoms. The van der Waals surface area contributed by atoms with E-state index >= 15 is 0 Å². The van der Waals surface area contributed by atoms with E-state index in [9.17, 15) is 4.79 Å². The number of nitrogens with zero attached hydrogens (tertiary/aromatic N) is 4. The Bertz CT molecular complexity index is 567. The van der Waals surface area contributed by atoms with Gasteiger partial charge >= 0.3 is 5.97 Å². The summed E-state index contributed by atoms with van der Waals surface area (Å²) in [6, 6.07) is 4.88. The van der Waals surface area contributed by atoms with Crippen molar-refractivity contribution >= 4 is 11.6 Å². The third kappa shape index (κ3) is 1.50. The van der Waals surface area contributed by atoms with Crippen molar-refractivity contribution < 1.29 is 9.53 Å². The van der Waals surface area contributed by atoms with E-state index in [0.29, 0.717) is 5.65 Å². The predicted octanol–water partition coefficient (Wildman–Crippen LogP) is 0.388. The number of methoxy groups -OCH3 is 1. The number of fused-ring (bicyclic) bond motifs is 1. The van der Waals surface area contributed by atoms with Gasteiger partial charge in [0.2, 0.25) is 0 Å². The van der Waals surface area contributed by atoms with E-state index in [4.69, 9.17) is 5.26 Å². The lowest BCUT2D eigenvalue weighted by Crippen LogP contribution is -2.01. The number of carbonyl (C=O) groups excluding carboxylic acids is 1. The summed E-state index contributed by atoms with van der Waals surface area (Å²) < 4.78 is 5.92. The molecular formula is C9H6N4O2. The number of hydrogen-bond acceptors (Lipinski definition) is 5. The van der Waals surface area contributed by atoms with Crippen molar-refractivity contribution in [2.75, 3.05) is 7.11 Å². The molecule has 0 saturated carbocycles. The van der Waals surface area contributed by atoms with Gasteiger partial charge in [-0.05, 0) is 6.07 Å². The standard InChI is InChI=1S/C9H6N4O2/c1-15-9(14)7-4-8-11-6(5-10)2-3-13(8)12-7/h2-4H,1H3. The second kappa shape index (κ2) is 3.38. The van der Waals surface area contributed by atoms with Gasteiger partial charge in [-0.1, -0.05) is 0 Å². The second-order valence-corrected chi connectivity index (χ2v) is 2.75. The highest BCUT2D eigenvalue weighted by atomic mass is 16.5. The summed E-state index contributed by atoms with van der Waals surface area (Å²) in [5.74, 6) is -0.529. The van der Waals surface area contributed by atoms with Crippen LogP contribution in [0.15, 0.2) is 18.3 Å². The summed E-state index contributed by atoms with van der Waals surface area (Å²) in [6.07, 6.45) is 1.56. The van der Waals surface area contributed by atoms with Crippen LogP contribution in [0.1, 0.15) is 16.2 Å². The molecule has 0 fully saturated rings. The molecule has 0 spiro atoms. The summed E-state index contributed by atoms with van der Waals surface area (Å²) in [7, 11) is 1.28. The Morgan fingerprint density at radius 1 is 1.67 bits per heavy atom. The van der Waals surface area contributed by atoms with Crippen molar-refractivity contribution in [3.63, 3.8) is 0 Å². The highest BCUT2D eigenvalue weighted by Gasteiger charge is 2.11. The van der Waals surface area contributed by atoms with Crippen molar-refractivity contribution in [3.05, 3.63) is 29.7 Å². The minimum absolute atomic E-state index is 0.167. The van der Waals surface area contributed by atoms with E-state index in [1.165, 1.54) is 23.8 Å². The molecule has 0 amide bonds. The van der Waals surface area contributed by atoms with Crippen LogP contribution in [0.2, 0.25) is 0 Å². The number of carbonyl (C=O) groups is 1. The van der Waals surface area contributed by atoms with Crippen molar-refractivity contribution in [2.45, 2.75) is 0 Å². The molecule has 0 N–H and O–H groups in total. The molecule has 15 heavy (non-hydrogen) atoms. The molecule has 0 atom stereocenters. The second-order valence-electron chi connectivity index (χ2n) is 2.75. The quantitative estimate of drug-likeness (QED) is 0.625. The van der Waals surface area contributed by atoms with E-state index in [1.807, 2.05) is 6.07 Å². The van der Waals surface area contributed by atoms with Crippen molar-refractivity contribution in [2.24, 2.45) is 0 Å². The number of hydrogen-bond donors (Lipinski definition) is 0. The van der Waals surface area contributed by atoms with Crippen molar-refractivity contribution in [1.29, 1.82) is 5.26 Å². The third-order valence-electron chi connectivity index (χ3n) is 1.83. The SMILES string of the molecule is COC(=O)c1cc2nc(C#N)ccn2n1. The molecule has 0 aliphatic rings. The number of aromatic nitrogens is 3. The lowest BCUT2D eigenvalue weighted by Gasteiger charge is -1.91. The molecule has 6 heteroatoms. The smallest absolute Gasteiger partial charge is 0.358 e. The fourth-order valence-electron chi connectivity index (χ4n) is 1.15. The highest BCUT2D eigenvalue weighted by molar-refractivity contribution is 5.88. The number of nitriles is 1. The van der Waals surface area contributed by atoms with E-state index in [-0.39, 0.29) is 11.4 Å². The van der Waals surface area contributed by atoms with Gasteiger partial charge in [-0.15, -0.1) is 0 Å². The maximum Gasteiger partial charge on any atom is 0.358 e. The summed E-state index contributed by atoms with van der Waals surface area (Å²) in [4.78, 5) is 15.1. The topological polar surface area (TPSA) is 80.3 Å². The lowest BCUT2D eigenvalue weighted by molar-refractivity contribution is 0.0593. The first-order chi connectivity index (χ1) is 7.24. The number of rotatable bonds is 1. The van der Waals surface area contributed by atoms with Crippen LogP contribution in [0.25, 0.3) is 5.65 Å². The minimum Gasteiger partial charge on any atom is -0.464 e. The fraction of sp³-hybridized carbons (Fsp3) is 0.111. The highest BCUT2D eigenvalue weighted by Crippen LogP contribution is 2.05. The van der Waals surface area contributed by atoms with Crippen LogP contribution in [-0.2, 0) is 4.74 Å². The summed E-state index contributed by atoms with van der Waals surface area (Å²) in [5, 5.41) is 12.6. The van der Waals surface area contributed by atoms with E-state index < -0.39 is 5.97 Å². The van der Waals surface area contributed by atoms with Crippen LogP contribution in [0.3, 0.4) is 0 Å². The van der Waals surface area contributed by atoms with Crippen LogP contribution in [0.5, 0.6) is 0 Å². The van der Waals surface area contributed by atoms with E-state index in [0.717, 1.165) is 0 Å². The van der Waals surface area contributed by atoms with Gasteiger partial charge in [-0.25, -0.2) is 14.3 Å². The van der Waals surface area contributed by atoms with Gasteiger partial charge in [-0.3, -0.25) is 0 Å². The van der Waals surface area contributed by atoms with Crippen LogP contribution in [-0.4, -0.2) is 27.7 Å². The van der Waals surface area contributed by atoms with E-state index in [1.54, 1.807) is 6.20 Å². The summed E-state index contributed by atoms with van der Waals surface area (Å²) >= 11 is 0. The van der Waals surface area contributed by atoms with Gasteiger partial charge in [0.05, 0.1) is 7.11 Å². The van der Waals surface area contributed by atoms with Crippen molar-refractivity contribution in [3.8, 4) is 6.07 Å². The van der Waals surface area contributed by atoms with Gasteiger partial charge in [0.15, 0.2) is 11.3 Å². The first-order valence-corrected chi connectivity index (χ1v) is 4.09. The molecule has 0 radical (unpaired) electrons. The van der Waals surface area contributed by atoms with Crippen LogP contribution in [0.4, 0.5) is 0 Å². The lowest BCUT2D eigenvalue weighted by atomic mass is 10.4. The Balaban J connectivity index is 2.57. The molecular weight excluding hydrogens is 196 g/mol.